The third kappa shape index (κ3) is 4.65. The van der Waals surface area contributed by atoms with Gasteiger partial charge < -0.3 is 15.0 Å². The minimum atomic E-state index is -0.0940. The first-order valence-corrected chi connectivity index (χ1v) is 8.62. The zero-order valence-corrected chi connectivity index (χ0v) is 13.7. The maximum atomic E-state index is 12.1. The molecule has 1 amide bonds. The fourth-order valence-corrected chi connectivity index (χ4v) is 3.10. The molecule has 2 aliphatic rings. The Kier molecular flexibility index (Phi) is 5.82. The van der Waals surface area contributed by atoms with Crippen LogP contribution in [0.3, 0.4) is 0 Å². The lowest BCUT2D eigenvalue weighted by molar-refractivity contribution is 0.0383. The second-order valence-corrected chi connectivity index (χ2v) is 6.16. The molecule has 6 heteroatoms. The van der Waals surface area contributed by atoms with Gasteiger partial charge in [-0.3, -0.25) is 9.69 Å². The first kappa shape index (κ1) is 16.2. The maximum absolute atomic E-state index is 12.1. The van der Waals surface area contributed by atoms with Crippen LogP contribution in [0.1, 0.15) is 29.8 Å². The number of nitrogens with zero attached hydrogens (tertiary/aromatic N) is 3. The number of carbonyl (C=O) groups is 1. The Balaban J connectivity index is 1.45. The van der Waals surface area contributed by atoms with Gasteiger partial charge in [0.15, 0.2) is 0 Å². The van der Waals surface area contributed by atoms with E-state index in [1.54, 1.807) is 0 Å². The number of amides is 1. The minimum Gasteiger partial charge on any atom is -0.379 e. The molecule has 1 aromatic rings. The third-order valence-corrected chi connectivity index (χ3v) is 4.52. The molecule has 0 bridgehead atoms. The Morgan fingerprint density at radius 3 is 2.61 bits per heavy atom. The second-order valence-electron chi connectivity index (χ2n) is 6.16. The zero-order valence-electron chi connectivity index (χ0n) is 13.7. The van der Waals surface area contributed by atoms with Crippen LogP contribution in [-0.4, -0.2) is 68.3 Å². The molecule has 3 rings (SSSR count). The van der Waals surface area contributed by atoms with Gasteiger partial charge in [0.2, 0.25) is 0 Å². The van der Waals surface area contributed by atoms with Crippen LogP contribution in [0.2, 0.25) is 0 Å². The molecule has 126 valence electrons. The van der Waals surface area contributed by atoms with Gasteiger partial charge in [0.25, 0.3) is 5.91 Å². The van der Waals surface area contributed by atoms with Crippen LogP contribution in [0.15, 0.2) is 18.3 Å². The van der Waals surface area contributed by atoms with Crippen LogP contribution in [0.25, 0.3) is 0 Å². The smallest absolute Gasteiger partial charge is 0.269 e. The Morgan fingerprint density at radius 2 is 1.91 bits per heavy atom. The Labute approximate surface area is 137 Å². The summed E-state index contributed by atoms with van der Waals surface area (Å²) in [6.45, 7) is 7.15. The van der Waals surface area contributed by atoms with E-state index in [0.29, 0.717) is 12.2 Å². The molecule has 0 saturated carbocycles. The Bertz CT molecular complexity index is 494. The highest BCUT2D eigenvalue weighted by Crippen LogP contribution is 2.18. The third-order valence-electron chi connectivity index (χ3n) is 4.52. The van der Waals surface area contributed by atoms with Gasteiger partial charge in [0.05, 0.1) is 25.1 Å². The molecule has 0 spiro atoms. The summed E-state index contributed by atoms with van der Waals surface area (Å²) in [6.07, 6.45) is 5.61. The lowest BCUT2D eigenvalue weighted by Gasteiger charge is -2.28. The zero-order chi connectivity index (χ0) is 15.9. The number of rotatable bonds is 5. The van der Waals surface area contributed by atoms with Crippen molar-refractivity contribution < 1.29 is 9.53 Å². The van der Waals surface area contributed by atoms with Crippen molar-refractivity contribution in [3.8, 4) is 0 Å². The number of piperidine rings is 1. The first-order chi connectivity index (χ1) is 11.3. The molecule has 0 aromatic carbocycles. The second kappa shape index (κ2) is 8.26. The van der Waals surface area contributed by atoms with E-state index in [9.17, 15) is 4.79 Å². The SMILES string of the molecule is O=C(NCCN1CCOCC1)c1ccc(N2CCCCC2)cn1. The molecule has 0 atom stereocenters. The van der Waals surface area contributed by atoms with Gasteiger partial charge in [-0.25, -0.2) is 4.98 Å². The predicted octanol–water partition coefficient (Wildman–Crippen LogP) is 1.13. The average molecular weight is 318 g/mol. The fraction of sp³-hybridized carbons (Fsp3) is 0.647. The summed E-state index contributed by atoms with van der Waals surface area (Å²) < 4.78 is 5.31. The normalized spacial score (nSPS) is 19.6. The molecule has 6 nitrogen and oxygen atoms in total. The summed E-state index contributed by atoms with van der Waals surface area (Å²) in [5.41, 5.74) is 1.61. The van der Waals surface area contributed by atoms with E-state index >= 15 is 0 Å². The van der Waals surface area contributed by atoms with Crippen molar-refractivity contribution in [3.63, 3.8) is 0 Å². The monoisotopic (exact) mass is 318 g/mol. The van der Waals surface area contributed by atoms with Gasteiger partial charge in [-0.15, -0.1) is 0 Å². The first-order valence-electron chi connectivity index (χ1n) is 8.62. The number of carbonyl (C=O) groups excluding carboxylic acids is 1. The summed E-state index contributed by atoms with van der Waals surface area (Å²) >= 11 is 0. The topological polar surface area (TPSA) is 57.7 Å². The van der Waals surface area contributed by atoms with Crippen LogP contribution in [0.4, 0.5) is 5.69 Å². The average Bonchev–Trinajstić information content (AvgIpc) is 2.63. The van der Waals surface area contributed by atoms with Crippen molar-refractivity contribution in [3.05, 3.63) is 24.0 Å². The van der Waals surface area contributed by atoms with Gasteiger partial charge >= 0.3 is 0 Å². The summed E-state index contributed by atoms with van der Waals surface area (Å²) in [5.74, 6) is -0.0940. The molecule has 3 heterocycles. The van der Waals surface area contributed by atoms with E-state index in [1.165, 1.54) is 19.3 Å². The molecule has 23 heavy (non-hydrogen) atoms. The molecular weight excluding hydrogens is 292 g/mol. The molecule has 2 saturated heterocycles. The number of aromatic nitrogens is 1. The van der Waals surface area contributed by atoms with Crippen LogP contribution >= 0.6 is 0 Å². The van der Waals surface area contributed by atoms with Crippen molar-refractivity contribution in [1.29, 1.82) is 0 Å². The van der Waals surface area contributed by atoms with Crippen LogP contribution in [-0.2, 0) is 4.74 Å². The Morgan fingerprint density at radius 1 is 1.13 bits per heavy atom. The molecule has 1 aromatic heterocycles. The quantitative estimate of drug-likeness (QED) is 0.882. The maximum Gasteiger partial charge on any atom is 0.269 e. The number of pyridine rings is 1. The van der Waals surface area contributed by atoms with Crippen molar-refractivity contribution in [1.82, 2.24) is 15.2 Å². The van der Waals surface area contributed by atoms with Gasteiger partial charge in [-0.2, -0.15) is 0 Å². The van der Waals surface area contributed by atoms with Gasteiger partial charge in [-0.05, 0) is 31.4 Å². The largest absolute Gasteiger partial charge is 0.379 e. The summed E-state index contributed by atoms with van der Waals surface area (Å²) in [5, 5.41) is 2.95. The molecular formula is C17H26N4O2. The summed E-state index contributed by atoms with van der Waals surface area (Å²) in [6, 6.07) is 3.84. The number of nitrogens with one attached hydrogen (secondary N) is 1. The number of hydrogen-bond acceptors (Lipinski definition) is 5. The van der Waals surface area contributed by atoms with E-state index in [-0.39, 0.29) is 5.91 Å². The summed E-state index contributed by atoms with van der Waals surface area (Å²) in [7, 11) is 0. The molecule has 0 radical (unpaired) electrons. The Hall–Kier alpha value is -1.66. The van der Waals surface area contributed by atoms with Crippen molar-refractivity contribution in [2.24, 2.45) is 0 Å². The van der Waals surface area contributed by atoms with Crippen molar-refractivity contribution in [2.75, 3.05) is 57.4 Å². The van der Waals surface area contributed by atoms with Crippen LogP contribution in [0.5, 0.6) is 0 Å². The standard InChI is InChI=1S/C17H26N4O2/c22-17(18-6-9-20-10-12-23-13-11-20)16-5-4-15(14-19-16)21-7-2-1-3-8-21/h4-5,14H,1-3,6-13H2,(H,18,22). The van der Waals surface area contributed by atoms with Crippen LogP contribution in [0, 0.1) is 0 Å². The van der Waals surface area contributed by atoms with E-state index in [4.69, 9.17) is 4.74 Å². The lowest BCUT2D eigenvalue weighted by atomic mass is 10.1. The predicted molar refractivity (Wildman–Crippen MR) is 89.9 cm³/mol. The highest BCUT2D eigenvalue weighted by Gasteiger charge is 2.14. The number of hydrogen-bond donors (Lipinski definition) is 1. The van der Waals surface area contributed by atoms with E-state index in [1.807, 2.05) is 18.3 Å². The van der Waals surface area contributed by atoms with E-state index < -0.39 is 0 Å². The van der Waals surface area contributed by atoms with Gasteiger partial charge in [0, 0.05) is 39.3 Å². The van der Waals surface area contributed by atoms with Crippen LogP contribution < -0.4 is 10.2 Å². The highest BCUT2D eigenvalue weighted by molar-refractivity contribution is 5.92. The van der Waals surface area contributed by atoms with Crippen molar-refractivity contribution >= 4 is 11.6 Å². The highest BCUT2D eigenvalue weighted by atomic mass is 16.5. The molecule has 1 N–H and O–H groups in total. The van der Waals surface area contributed by atoms with E-state index in [0.717, 1.165) is 51.6 Å². The lowest BCUT2D eigenvalue weighted by Crippen LogP contribution is -2.41. The number of ether oxygens (including phenoxy) is 1. The van der Waals surface area contributed by atoms with E-state index in [2.05, 4.69) is 20.1 Å². The number of morpholine rings is 1. The minimum absolute atomic E-state index is 0.0940. The molecule has 2 fully saturated rings. The summed E-state index contributed by atoms with van der Waals surface area (Å²) in [4.78, 5) is 21.1. The number of anilines is 1. The molecule has 0 aliphatic carbocycles. The fourth-order valence-electron chi connectivity index (χ4n) is 3.10. The molecule has 2 aliphatic heterocycles. The van der Waals surface area contributed by atoms with Gasteiger partial charge in [0.1, 0.15) is 5.69 Å². The molecule has 0 unspecified atom stereocenters. The van der Waals surface area contributed by atoms with Gasteiger partial charge in [-0.1, -0.05) is 0 Å². The van der Waals surface area contributed by atoms with Crippen molar-refractivity contribution in [2.45, 2.75) is 19.3 Å².